The fourth-order valence-corrected chi connectivity index (χ4v) is 1.62. The summed E-state index contributed by atoms with van der Waals surface area (Å²) >= 11 is 5.92. The van der Waals surface area contributed by atoms with Crippen LogP contribution in [0.2, 0.25) is 5.02 Å². The molecule has 2 heteroatoms. The van der Waals surface area contributed by atoms with E-state index in [1.54, 1.807) is 0 Å². The molecule has 0 saturated carbocycles. The number of aryl methyl sites for hydroxylation is 1. The van der Waals surface area contributed by atoms with Crippen LogP contribution in [0.15, 0.2) is 18.2 Å². The molecule has 0 fully saturated rings. The zero-order valence-corrected chi connectivity index (χ0v) is 9.89. The van der Waals surface area contributed by atoms with E-state index in [9.17, 15) is 5.11 Å². The van der Waals surface area contributed by atoms with E-state index in [1.165, 1.54) is 0 Å². The second-order valence-electron chi connectivity index (χ2n) is 4.26. The van der Waals surface area contributed by atoms with E-state index in [2.05, 4.69) is 0 Å². The Morgan fingerprint density at radius 3 is 2.43 bits per heavy atom. The fourth-order valence-electron chi connectivity index (χ4n) is 1.45. The molecule has 1 aromatic rings. The van der Waals surface area contributed by atoms with Gasteiger partial charge in [0.05, 0.1) is 5.60 Å². The largest absolute Gasteiger partial charge is 0.385 e. The van der Waals surface area contributed by atoms with Crippen molar-refractivity contribution in [2.75, 3.05) is 0 Å². The molecule has 1 aromatic carbocycles. The van der Waals surface area contributed by atoms with Crippen LogP contribution in [0.1, 0.15) is 31.9 Å². The highest BCUT2D eigenvalue weighted by Gasteiger charge is 2.28. The van der Waals surface area contributed by atoms with Crippen molar-refractivity contribution < 1.29 is 5.11 Å². The Morgan fingerprint density at radius 2 is 1.93 bits per heavy atom. The third-order valence-electron chi connectivity index (χ3n) is 2.87. The Bertz CT molecular complexity index is 329. The summed E-state index contributed by atoms with van der Waals surface area (Å²) in [6, 6.07) is 5.63. The molecule has 1 unspecified atom stereocenters. The zero-order chi connectivity index (χ0) is 10.9. The van der Waals surface area contributed by atoms with E-state index in [0.29, 0.717) is 5.02 Å². The predicted molar refractivity (Wildman–Crippen MR) is 60.6 cm³/mol. The highest BCUT2D eigenvalue weighted by molar-refractivity contribution is 6.30. The van der Waals surface area contributed by atoms with Crippen LogP contribution in [0.3, 0.4) is 0 Å². The van der Waals surface area contributed by atoms with Crippen molar-refractivity contribution in [1.29, 1.82) is 0 Å². The van der Waals surface area contributed by atoms with Crippen molar-refractivity contribution in [2.24, 2.45) is 5.92 Å². The molecule has 0 aliphatic rings. The van der Waals surface area contributed by atoms with Crippen LogP contribution in [0.5, 0.6) is 0 Å². The maximum absolute atomic E-state index is 10.3. The predicted octanol–water partition coefficient (Wildman–Crippen LogP) is 3.51. The lowest BCUT2D eigenvalue weighted by Crippen LogP contribution is -2.28. The van der Waals surface area contributed by atoms with Crippen molar-refractivity contribution in [2.45, 2.75) is 33.3 Å². The monoisotopic (exact) mass is 212 g/mol. The van der Waals surface area contributed by atoms with Crippen LogP contribution in [0.4, 0.5) is 0 Å². The average Bonchev–Trinajstić information content (AvgIpc) is 2.08. The molecule has 0 saturated heterocycles. The summed E-state index contributed by atoms with van der Waals surface area (Å²) in [5, 5.41) is 11.0. The second kappa shape index (κ2) is 3.92. The molecule has 1 rings (SSSR count). The Kier molecular flexibility index (Phi) is 3.23. The first kappa shape index (κ1) is 11.5. The number of rotatable bonds is 2. The molecule has 0 aliphatic heterocycles. The lowest BCUT2D eigenvalue weighted by atomic mass is 9.83. The van der Waals surface area contributed by atoms with Gasteiger partial charge in [-0.1, -0.05) is 31.5 Å². The van der Waals surface area contributed by atoms with Crippen LogP contribution in [-0.2, 0) is 5.60 Å². The summed E-state index contributed by atoms with van der Waals surface area (Å²) in [4.78, 5) is 0. The van der Waals surface area contributed by atoms with E-state index < -0.39 is 5.60 Å². The van der Waals surface area contributed by atoms with Gasteiger partial charge >= 0.3 is 0 Å². The lowest BCUT2D eigenvalue weighted by molar-refractivity contribution is 0.00848. The minimum atomic E-state index is -0.811. The van der Waals surface area contributed by atoms with Gasteiger partial charge in [0, 0.05) is 5.02 Å². The SMILES string of the molecule is Cc1ccc(Cl)cc1C(C)(O)C(C)C. The van der Waals surface area contributed by atoms with Gasteiger partial charge in [-0.3, -0.25) is 0 Å². The Labute approximate surface area is 90.7 Å². The van der Waals surface area contributed by atoms with E-state index in [-0.39, 0.29) is 5.92 Å². The molecule has 78 valence electrons. The highest BCUT2D eigenvalue weighted by atomic mass is 35.5. The van der Waals surface area contributed by atoms with Gasteiger partial charge in [0.25, 0.3) is 0 Å². The molecule has 14 heavy (non-hydrogen) atoms. The van der Waals surface area contributed by atoms with Gasteiger partial charge in [-0.15, -0.1) is 0 Å². The topological polar surface area (TPSA) is 20.2 Å². The first-order chi connectivity index (χ1) is 6.35. The number of hydrogen-bond donors (Lipinski definition) is 1. The minimum absolute atomic E-state index is 0.166. The quantitative estimate of drug-likeness (QED) is 0.796. The van der Waals surface area contributed by atoms with Crippen molar-refractivity contribution in [3.05, 3.63) is 34.3 Å². The Hall–Kier alpha value is -0.530. The van der Waals surface area contributed by atoms with Crippen molar-refractivity contribution in [3.8, 4) is 0 Å². The summed E-state index contributed by atoms with van der Waals surface area (Å²) in [5.74, 6) is 0.166. The highest BCUT2D eigenvalue weighted by Crippen LogP contribution is 2.32. The van der Waals surface area contributed by atoms with E-state index >= 15 is 0 Å². The van der Waals surface area contributed by atoms with Gasteiger partial charge in [-0.25, -0.2) is 0 Å². The zero-order valence-electron chi connectivity index (χ0n) is 9.13. The smallest absolute Gasteiger partial charge is 0.0894 e. The molecule has 1 nitrogen and oxygen atoms in total. The number of benzene rings is 1. The molecule has 0 bridgehead atoms. The summed E-state index contributed by atoms with van der Waals surface area (Å²) in [6.07, 6.45) is 0. The summed E-state index contributed by atoms with van der Waals surface area (Å²) < 4.78 is 0. The van der Waals surface area contributed by atoms with Crippen molar-refractivity contribution in [1.82, 2.24) is 0 Å². The van der Waals surface area contributed by atoms with Crippen LogP contribution in [-0.4, -0.2) is 5.11 Å². The van der Waals surface area contributed by atoms with Crippen LogP contribution in [0.25, 0.3) is 0 Å². The standard InChI is InChI=1S/C12H17ClO/c1-8(2)12(4,14)11-7-10(13)6-5-9(11)3/h5-8,14H,1-4H3. The summed E-state index contributed by atoms with van der Waals surface area (Å²) in [7, 11) is 0. The average molecular weight is 213 g/mol. The van der Waals surface area contributed by atoms with Gasteiger partial charge in [0.15, 0.2) is 0 Å². The first-order valence-electron chi connectivity index (χ1n) is 4.84. The molecule has 1 atom stereocenters. The molecule has 0 heterocycles. The molecule has 0 amide bonds. The van der Waals surface area contributed by atoms with Gasteiger partial charge in [-0.2, -0.15) is 0 Å². The number of halogens is 1. The number of aliphatic hydroxyl groups is 1. The first-order valence-corrected chi connectivity index (χ1v) is 5.22. The molecule has 0 radical (unpaired) electrons. The lowest BCUT2D eigenvalue weighted by Gasteiger charge is -2.30. The maximum Gasteiger partial charge on any atom is 0.0894 e. The van der Waals surface area contributed by atoms with E-state index in [0.717, 1.165) is 11.1 Å². The minimum Gasteiger partial charge on any atom is -0.385 e. The normalized spacial score (nSPS) is 15.6. The molecular formula is C12H17ClO. The van der Waals surface area contributed by atoms with E-state index in [4.69, 9.17) is 11.6 Å². The van der Waals surface area contributed by atoms with Crippen LogP contribution in [0, 0.1) is 12.8 Å². The molecular weight excluding hydrogens is 196 g/mol. The second-order valence-corrected chi connectivity index (χ2v) is 4.70. The molecule has 0 spiro atoms. The van der Waals surface area contributed by atoms with Crippen LogP contribution >= 0.6 is 11.6 Å². The van der Waals surface area contributed by atoms with Crippen molar-refractivity contribution in [3.63, 3.8) is 0 Å². The van der Waals surface area contributed by atoms with Crippen molar-refractivity contribution >= 4 is 11.6 Å². The fraction of sp³-hybridized carbons (Fsp3) is 0.500. The molecule has 1 N–H and O–H groups in total. The van der Waals surface area contributed by atoms with Gasteiger partial charge in [0.2, 0.25) is 0 Å². The van der Waals surface area contributed by atoms with Gasteiger partial charge in [-0.05, 0) is 43.0 Å². The molecule has 0 aromatic heterocycles. The van der Waals surface area contributed by atoms with E-state index in [1.807, 2.05) is 45.9 Å². The third kappa shape index (κ3) is 2.10. The number of hydrogen-bond acceptors (Lipinski definition) is 1. The summed E-state index contributed by atoms with van der Waals surface area (Å²) in [6.45, 7) is 7.82. The Morgan fingerprint density at radius 1 is 1.36 bits per heavy atom. The summed E-state index contributed by atoms with van der Waals surface area (Å²) in [5.41, 5.74) is 1.18. The third-order valence-corrected chi connectivity index (χ3v) is 3.10. The van der Waals surface area contributed by atoms with Crippen LogP contribution < -0.4 is 0 Å². The molecule has 0 aliphatic carbocycles. The van der Waals surface area contributed by atoms with Gasteiger partial charge < -0.3 is 5.11 Å². The van der Waals surface area contributed by atoms with Gasteiger partial charge in [0.1, 0.15) is 0 Å². The maximum atomic E-state index is 10.3. The Balaban J connectivity index is 3.24.